The van der Waals surface area contributed by atoms with Crippen molar-refractivity contribution in [1.29, 1.82) is 0 Å². The average Bonchev–Trinajstić information content (AvgIpc) is 2.64. The zero-order chi connectivity index (χ0) is 21.0. The summed E-state index contributed by atoms with van der Waals surface area (Å²) in [5.74, 6) is 2.78. The van der Waals surface area contributed by atoms with Gasteiger partial charge >= 0.3 is 6.09 Å². The summed E-state index contributed by atoms with van der Waals surface area (Å²) in [6.07, 6.45) is 6.49. The normalized spacial score (nSPS) is 15.7. The van der Waals surface area contributed by atoms with Crippen LogP contribution in [0, 0.1) is 5.92 Å². The number of carbonyl (C=O) groups is 1. The van der Waals surface area contributed by atoms with Crippen LogP contribution in [0.3, 0.4) is 0 Å². The van der Waals surface area contributed by atoms with Crippen LogP contribution in [0.1, 0.15) is 60.3 Å². The molecular formula is C21H43IN4O2S. The van der Waals surface area contributed by atoms with E-state index in [1.807, 2.05) is 44.4 Å². The smallest absolute Gasteiger partial charge is 0.410 e. The van der Waals surface area contributed by atoms with E-state index in [0.717, 1.165) is 57.9 Å². The van der Waals surface area contributed by atoms with Gasteiger partial charge in [0, 0.05) is 39.3 Å². The van der Waals surface area contributed by atoms with Crippen LogP contribution in [-0.2, 0) is 4.74 Å². The molecule has 1 aliphatic rings. The number of aliphatic imine (C=N–C) groups is 1. The molecule has 0 atom stereocenters. The van der Waals surface area contributed by atoms with Crippen molar-refractivity contribution in [1.82, 2.24) is 15.1 Å². The number of guanidine groups is 1. The average molecular weight is 543 g/mol. The summed E-state index contributed by atoms with van der Waals surface area (Å²) in [4.78, 5) is 21.4. The number of amides is 1. The minimum absolute atomic E-state index is 0. The maximum absolute atomic E-state index is 12.4. The van der Waals surface area contributed by atoms with Crippen molar-refractivity contribution < 1.29 is 9.53 Å². The van der Waals surface area contributed by atoms with E-state index in [-0.39, 0.29) is 30.1 Å². The maximum atomic E-state index is 12.4. The van der Waals surface area contributed by atoms with Crippen molar-refractivity contribution in [3.05, 3.63) is 0 Å². The molecule has 172 valence electrons. The lowest BCUT2D eigenvalue weighted by atomic mass is 9.96. The van der Waals surface area contributed by atoms with E-state index in [0.29, 0.717) is 12.5 Å². The molecule has 1 amide bonds. The molecule has 0 unspecified atom stereocenters. The van der Waals surface area contributed by atoms with Gasteiger partial charge in [-0.2, -0.15) is 11.8 Å². The first-order valence-corrected chi connectivity index (χ1v) is 12.2. The molecule has 0 spiro atoms. The summed E-state index contributed by atoms with van der Waals surface area (Å²) in [6, 6.07) is 0. The van der Waals surface area contributed by atoms with E-state index in [1.54, 1.807) is 0 Å². The van der Waals surface area contributed by atoms with E-state index in [4.69, 9.17) is 9.73 Å². The second-order valence-corrected chi connectivity index (χ2v) is 9.37. The summed E-state index contributed by atoms with van der Waals surface area (Å²) in [7, 11) is 0. The standard InChI is InChI=1S/C21H42N4O2S.HI/c1-7-22-19(23-13-9-10-16-28-6)25-14-11-18(12-15-25)17-24(8-2)20(26)27-21(3,4)5;/h18H,7-17H2,1-6H3,(H,22,23);1H. The first-order valence-electron chi connectivity index (χ1n) is 10.8. The first-order chi connectivity index (χ1) is 13.3. The monoisotopic (exact) mass is 542 g/mol. The zero-order valence-corrected chi connectivity index (χ0v) is 22.5. The highest BCUT2D eigenvalue weighted by molar-refractivity contribution is 14.0. The molecule has 0 aromatic heterocycles. The second-order valence-electron chi connectivity index (χ2n) is 8.38. The Bertz CT molecular complexity index is 478. The SMILES string of the molecule is CCNC(=NCCCCSC)N1CCC(CN(CC)C(=O)OC(C)(C)C)CC1.I. The van der Waals surface area contributed by atoms with Crippen molar-refractivity contribution in [2.45, 2.75) is 65.9 Å². The lowest BCUT2D eigenvalue weighted by Crippen LogP contribution is -2.48. The van der Waals surface area contributed by atoms with Gasteiger partial charge in [0.05, 0.1) is 0 Å². The molecule has 1 fully saturated rings. The van der Waals surface area contributed by atoms with Gasteiger partial charge in [-0.1, -0.05) is 0 Å². The number of nitrogens with zero attached hydrogens (tertiary/aromatic N) is 3. The van der Waals surface area contributed by atoms with Crippen molar-refractivity contribution in [2.75, 3.05) is 51.3 Å². The molecule has 6 nitrogen and oxygen atoms in total. The highest BCUT2D eigenvalue weighted by Gasteiger charge is 2.27. The summed E-state index contributed by atoms with van der Waals surface area (Å²) in [5.41, 5.74) is -0.444. The van der Waals surface area contributed by atoms with Crippen LogP contribution in [0.4, 0.5) is 4.79 Å². The van der Waals surface area contributed by atoms with Crippen molar-refractivity contribution >= 4 is 47.8 Å². The number of carbonyl (C=O) groups excluding carboxylic acids is 1. The minimum Gasteiger partial charge on any atom is -0.444 e. The molecule has 1 saturated heterocycles. The van der Waals surface area contributed by atoms with Gasteiger partial charge in [-0.15, -0.1) is 24.0 Å². The quantitative estimate of drug-likeness (QED) is 0.199. The lowest BCUT2D eigenvalue weighted by Gasteiger charge is -2.36. The largest absolute Gasteiger partial charge is 0.444 e. The molecule has 1 rings (SSSR count). The Kier molecular flexibility index (Phi) is 15.2. The molecule has 0 aromatic rings. The molecular weight excluding hydrogens is 499 g/mol. The fourth-order valence-electron chi connectivity index (χ4n) is 3.27. The van der Waals surface area contributed by atoms with Crippen LogP contribution < -0.4 is 5.32 Å². The van der Waals surface area contributed by atoms with Crippen LogP contribution in [0.5, 0.6) is 0 Å². The Hall–Kier alpha value is -0.380. The number of halogens is 1. The van der Waals surface area contributed by atoms with Gasteiger partial charge in [0.25, 0.3) is 0 Å². The van der Waals surface area contributed by atoms with E-state index in [9.17, 15) is 4.79 Å². The number of likely N-dealkylation sites (tertiary alicyclic amines) is 1. The fraction of sp³-hybridized carbons (Fsp3) is 0.905. The van der Waals surface area contributed by atoms with Gasteiger partial charge in [0.15, 0.2) is 5.96 Å². The van der Waals surface area contributed by atoms with Crippen molar-refractivity contribution in [2.24, 2.45) is 10.9 Å². The Labute approximate surface area is 200 Å². The molecule has 0 saturated carbocycles. The van der Waals surface area contributed by atoms with E-state index >= 15 is 0 Å². The molecule has 1 aliphatic heterocycles. The van der Waals surface area contributed by atoms with Gasteiger partial charge in [-0.25, -0.2) is 4.79 Å². The van der Waals surface area contributed by atoms with E-state index in [1.165, 1.54) is 12.2 Å². The third kappa shape index (κ3) is 12.2. The number of hydrogen-bond acceptors (Lipinski definition) is 4. The lowest BCUT2D eigenvalue weighted by molar-refractivity contribution is 0.0214. The van der Waals surface area contributed by atoms with E-state index in [2.05, 4.69) is 23.4 Å². The molecule has 29 heavy (non-hydrogen) atoms. The van der Waals surface area contributed by atoms with Crippen LogP contribution in [-0.4, -0.2) is 78.7 Å². The van der Waals surface area contributed by atoms with Crippen LogP contribution in [0.2, 0.25) is 0 Å². The maximum Gasteiger partial charge on any atom is 0.410 e. The first kappa shape index (κ1) is 28.6. The third-order valence-electron chi connectivity index (χ3n) is 4.78. The van der Waals surface area contributed by atoms with Crippen LogP contribution >= 0.6 is 35.7 Å². The summed E-state index contributed by atoms with van der Waals surface area (Å²) >= 11 is 1.90. The number of piperidine rings is 1. The highest BCUT2D eigenvalue weighted by Crippen LogP contribution is 2.20. The van der Waals surface area contributed by atoms with Gasteiger partial charge in [0.2, 0.25) is 0 Å². The van der Waals surface area contributed by atoms with Crippen molar-refractivity contribution in [3.63, 3.8) is 0 Å². The molecule has 1 N–H and O–H groups in total. The van der Waals surface area contributed by atoms with Gasteiger partial charge in [0.1, 0.15) is 5.60 Å². The number of unbranched alkanes of at least 4 members (excludes halogenated alkanes) is 1. The Morgan fingerprint density at radius 3 is 2.41 bits per heavy atom. The van der Waals surface area contributed by atoms with Crippen LogP contribution in [0.25, 0.3) is 0 Å². The van der Waals surface area contributed by atoms with Gasteiger partial charge in [-0.05, 0) is 78.2 Å². The number of nitrogens with one attached hydrogen (secondary N) is 1. The molecule has 0 aromatic carbocycles. The topological polar surface area (TPSA) is 57.2 Å². The predicted octanol–water partition coefficient (Wildman–Crippen LogP) is 4.68. The summed E-state index contributed by atoms with van der Waals surface area (Å²) < 4.78 is 5.54. The van der Waals surface area contributed by atoms with Crippen LogP contribution in [0.15, 0.2) is 4.99 Å². The highest BCUT2D eigenvalue weighted by atomic mass is 127. The Morgan fingerprint density at radius 2 is 1.90 bits per heavy atom. The molecule has 1 heterocycles. The molecule has 0 aliphatic carbocycles. The predicted molar refractivity (Wildman–Crippen MR) is 137 cm³/mol. The number of thioether (sulfide) groups is 1. The molecule has 0 radical (unpaired) electrons. The zero-order valence-electron chi connectivity index (χ0n) is 19.3. The van der Waals surface area contributed by atoms with Gasteiger partial charge < -0.3 is 19.9 Å². The van der Waals surface area contributed by atoms with E-state index < -0.39 is 5.60 Å². The third-order valence-corrected chi connectivity index (χ3v) is 5.48. The number of rotatable bonds is 9. The second kappa shape index (κ2) is 15.4. The van der Waals surface area contributed by atoms with Gasteiger partial charge in [-0.3, -0.25) is 4.99 Å². The number of ether oxygens (including phenoxy) is 1. The fourth-order valence-corrected chi connectivity index (χ4v) is 3.76. The van der Waals surface area contributed by atoms with Crippen molar-refractivity contribution in [3.8, 4) is 0 Å². The summed E-state index contributed by atoms with van der Waals surface area (Å²) in [5, 5.41) is 3.44. The Balaban J connectivity index is 0.00000784. The Morgan fingerprint density at radius 1 is 1.24 bits per heavy atom. The molecule has 8 heteroatoms. The minimum atomic E-state index is -0.444. The summed E-state index contributed by atoms with van der Waals surface area (Å²) in [6.45, 7) is 15.1. The molecule has 0 bridgehead atoms. The number of hydrogen-bond donors (Lipinski definition) is 1.